The number of carbonyl (C=O) groups excluding carboxylic acids is 1. The second-order valence-electron chi connectivity index (χ2n) is 5.15. The number of methoxy groups -OCH3 is 1. The summed E-state index contributed by atoms with van der Waals surface area (Å²) < 4.78 is 4.90. The van der Waals surface area contributed by atoms with Gasteiger partial charge in [0.15, 0.2) is 0 Å². The van der Waals surface area contributed by atoms with Crippen molar-refractivity contribution in [3.05, 3.63) is 35.9 Å². The Balaban J connectivity index is 2.22. The van der Waals surface area contributed by atoms with Crippen LogP contribution in [0.15, 0.2) is 35.5 Å². The van der Waals surface area contributed by atoms with Crippen molar-refractivity contribution in [3.63, 3.8) is 0 Å². The minimum Gasteiger partial charge on any atom is -0.466 e. The summed E-state index contributed by atoms with van der Waals surface area (Å²) in [4.78, 5) is 17.6. The largest absolute Gasteiger partial charge is 0.466 e. The van der Waals surface area contributed by atoms with Crippen molar-refractivity contribution in [2.45, 2.75) is 32.3 Å². The fourth-order valence-electron chi connectivity index (χ4n) is 2.20. The number of rotatable bonds is 4. The second-order valence-corrected chi connectivity index (χ2v) is 5.15. The minimum atomic E-state index is -1.00. The highest BCUT2D eigenvalue weighted by Gasteiger charge is 2.48. The van der Waals surface area contributed by atoms with Crippen molar-refractivity contribution in [2.24, 2.45) is 11.1 Å². The van der Waals surface area contributed by atoms with Crippen LogP contribution in [-0.4, -0.2) is 24.4 Å². The summed E-state index contributed by atoms with van der Waals surface area (Å²) in [6.07, 6.45) is 0.965. The van der Waals surface area contributed by atoms with Crippen LogP contribution >= 0.6 is 0 Å². The van der Waals surface area contributed by atoms with E-state index < -0.39 is 5.60 Å². The molecule has 0 saturated heterocycles. The van der Waals surface area contributed by atoms with Crippen LogP contribution in [0.3, 0.4) is 0 Å². The number of esters is 1. The topological polar surface area (TPSA) is 47.9 Å². The predicted octanol–water partition coefficient (Wildman–Crippen LogP) is 2.57. The Kier molecular flexibility index (Phi) is 3.88. The van der Waals surface area contributed by atoms with Crippen molar-refractivity contribution in [2.75, 3.05) is 7.11 Å². The lowest BCUT2D eigenvalue weighted by Gasteiger charge is -2.23. The molecule has 0 aliphatic carbocycles. The van der Waals surface area contributed by atoms with Crippen LogP contribution in [0.4, 0.5) is 0 Å². The van der Waals surface area contributed by atoms with Crippen LogP contribution in [0.25, 0.3) is 0 Å². The van der Waals surface area contributed by atoms with Gasteiger partial charge in [-0.05, 0) is 11.5 Å². The molecule has 0 saturated carbocycles. The maximum atomic E-state index is 12.1. The number of benzene rings is 1. The molecule has 1 aromatic rings. The number of hydrogen-bond acceptors (Lipinski definition) is 4. The van der Waals surface area contributed by atoms with E-state index in [2.05, 4.69) is 5.16 Å². The first-order valence-corrected chi connectivity index (χ1v) is 6.45. The smallest absolute Gasteiger partial charge is 0.353 e. The predicted molar refractivity (Wildman–Crippen MR) is 72.9 cm³/mol. The third kappa shape index (κ3) is 2.78. The summed E-state index contributed by atoms with van der Waals surface area (Å²) in [5.74, 6) is -0.0990. The van der Waals surface area contributed by atoms with Gasteiger partial charge < -0.3 is 9.57 Å². The average molecular weight is 261 g/mol. The van der Waals surface area contributed by atoms with E-state index in [-0.39, 0.29) is 11.9 Å². The maximum absolute atomic E-state index is 12.1. The fourth-order valence-corrected chi connectivity index (χ4v) is 2.20. The van der Waals surface area contributed by atoms with Gasteiger partial charge in [0.1, 0.15) is 0 Å². The van der Waals surface area contributed by atoms with E-state index >= 15 is 0 Å². The lowest BCUT2D eigenvalue weighted by molar-refractivity contribution is -0.166. The summed E-state index contributed by atoms with van der Waals surface area (Å²) in [5.41, 5.74) is 0.935. The summed E-state index contributed by atoms with van der Waals surface area (Å²) in [7, 11) is 1.38. The number of ether oxygens (including phenoxy) is 1. The molecule has 0 amide bonds. The highest BCUT2D eigenvalue weighted by molar-refractivity contribution is 5.94. The molecule has 1 aromatic carbocycles. The number of nitrogens with zero attached hydrogens (tertiary/aromatic N) is 1. The second kappa shape index (κ2) is 5.43. The van der Waals surface area contributed by atoms with Gasteiger partial charge in [-0.3, -0.25) is 0 Å². The molecule has 1 atom stereocenters. The molecule has 1 aliphatic heterocycles. The highest BCUT2D eigenvalue weighted by atomic mass is 16.7. The van der Waals surface area contributed by atoms with Crippen molar-refractivity contribution >= 4 is 11.7 Å². The van der Waals surface area contributed by atoms with Gasteiger partial charge in [0, 0.05) is 12.8 Å². The molecular formula is C15H19NO3. The summed E-state index contributed by atoms with van der Waals surface area (Å²) >= 11 is 0. The molecule has 0 N–H and O–H groups in total. The molecule has 4 heteroatoms. The molecule has 0 fully saturated rings. The standard InChI is InChI=1S/C15H19NO3/c1-11(2)13-10-15(19-16-13,14(17)18-3)9-12-7-5-4-6-8-12/h4-8,11H,9-10H2,1-3H3. The molecule has 19 heavy (non-hydrogen) atoms. The first-order valence-electron chi connectivity index (χ1n) is 6.45. The number of carbonyl (C=O) groups is 1. The van der Waals surface area contributed by atoms with Crippen LogP contribution < -0.4 is 0 Å². The SMILES string of the molecule is COC(=O)C1(Cc2ccccc2)CC(C(C)C)=NO1. The molecular weight excluding hydrogens is 242 g/mol. The zero-order chi connectivity index (χ0) is 13.9. The van der Waals surface area contributed by atoms with Crippen LogP contribution in [-0.2, 0) is 20.8 Å². The van der Waals surface area contributed by atoms with Crippen LogP contribution in [0, 0.1) is 5.92 Å². The molecule has 102 valence electrons. The zero-order valence-electron chi connectivity index (χ0n) is 11.6. The Morgan fingerprint density at radius 1 is 1.42 bits per heavy atom. The van der Waals surface area contributed by atoms with Crippen LogP contribution in [0.1, 0.15) is 25.8 Å². The third-order valence-electron chi connectivity index (χ3n) is 3.36. The Hall–Kier alpha value is -1.84. The summed E-state index contributed by atoms with van der Waals surface area (Å²) in [5, 5.41) is 4.07. The summed E-state index contributed by atoms with van der Waals surface area (Å²) in [6.45, 7) is 4.08. The van der Waals surface area contributed by atoms with E-state index in [0.717, 1.165) is 11.3 Å². The van der Waals surface area contributed by atoms with Gasteiger partial charge >= 0.3 is 5.97 Å². The Morgan fingerprint density at radius 2 is 2.11 bits per heavy atom. The normalized spacial score (nSPS) is 22.0. The Bertz CT molecular complexity index is 481. The zero-order valence-corrected chi connectivity index (χ0v) is 11.6. The van der Waals surface area contributed by atoms with Gasteiger partial charge in [0.2, 0.25) is 5.60 Å². The maximum Gasteiger partial charge on any atom is 0.353 e. The minimum absolute atomic E-state index is 0.266. The van der Waals surface area contributed by atoms with Crippen molar-refractivity contribution in [1.29, 1.82) is 0 Å². The molecule has 0 bridgehead atoms. The Morgan fingerprint density at radius 3 is 2.63 bits per heavy atom. The van der Waals surface area contributed by atoms with E-state index in [0.29, 0.717) is 12.8 Å². The van der Waals surface area contributed by atoms with Crippen LogP contribution in [0.2, 0.25) is 0 Å². The molecule has 2 rings (SSSR count). The van der Waals surface area contributed by atoms with Crippen molar-refractivity contribution < 1.29 is 14.4 Å². The summed E-state index contributed by atoms with van der Waals surface area (Å²) in [6, 6.07) is 9.78. The van der Waals surface area contributed by atoms with Crippen molar-refractivity contribution in [3.8, 4) is 0 Å². The van der Waals surface area contributed by atoms with E-state index in [1.807, 2.05) is 44.2 Å². The van der Waals surface area contributed by atoms with E-state index in [4.69, 9.17) is 9.57 Å². The molecule has 4 nitrogen and oxygen atoms in total. The Labute approximate surface area is 113 Å². The highest BCUT2D eigenvalue weighted by Crippen LogP contribution is 2.31. The lowest BCUT2D eigenvalue weighted by Crippen LogP contribution is -2.42. The molecule has 0 spiro atoms. The molecule has 0 aromatic heterocycles. The van der Waals surface area contributed by atoms with Gasteiger partial charge in [-0.25, -0.2) is 4.79 Å². The van der Waals surface area contributed by atoms with E-state index in [1.165, 1.54) is 7.11 Å². The average Bonchev–Trinajstić information content (AvgIpc) is 2.84. The fraction of sp³-hybridized carbons (Fsp3) is 0.467. The van der Waals surface area contributed by atoms with Gasteiger partial charge in [-0.1, -0.05) is 49.3 Å². The first kappa shape index (κ1) is 13.6. The lowest BCUT2D eigenvalue weighted by atomic mass is 9.87. The quantitative estimate of drug-likeness (QED) is 0.783. The van der Waals surface area contributed by atoms with Gasteiger partial charge in [0.25, 0.3) is 0 Å². The molecule has 1 unspecified atom stereocenters. The van der Waals surface area contributed by atoms with Gasteiger partial charge in [-0.2, -0.15) is 0 Å². The molecule has 0 radical (unpaired) electrons. The van der Waals surface area contributed by atoms with E-state index in [9.17, 15) is 4.79 Å². The number of oxime groups is 1. The number of hydrogen-bond donors (Lipinski definition) is 0. The first-order chi connectivity index (χ1) is 9.07. The molecule has 1 aliphatic rings. The van der Waals surface area contributed by atoms with E-state index in [1.54, 1.807) is 0 Å². The molecule has 1 heterocycles. The van der Waals surface area contributed by atoms with Crippen LogP contribution in [0.5, 0.6) is 0 Å². The van der Waals surface area contributed by atoms with Gasteiger partial charge in [0.05, 0.1) is 12.8 Å². The van der Waals surface area contributed by atoms with Gasteiger partial charge in [-0.15, -0.1) is 0 Å². The third-order valence-corrected chi connectivity index (χ3v) is 3.36. The monoisotopic (exact) mass is 261 g/mol. The van der Waals surface area contributed by atoms with Crippen molar-refractivity contribution in [1.82, 2.24) is 0 Å².